The third-order valence-corrected chi connectivity index (χ3v) is 9.85. The average Bonchev–Trinajstić information content (AvgIpc) is 3.04. The lowest BCUT2D eigenvalue weighted by molar-refractivity contribution is -0.134. The Bertz CT molecular complexity index is 1290. The Morgan fingerprint density at radius 3 is 2.30 bits per heavy atom. The number of likely N-dealkylation sites (tertiary alicyclic amines) is 3. The van der Waals surface area contributed by atoms with Crippen molar-refractivity contribution in [2.75, 3.05) is 44.6 Å². The third kappa shape index (κ3) is 6.98. The average molecular weight is 587 g/mol. The minimum Gasteiger partial charge on any atom is -0.341 e. The van der Waals surface area contributed by atoms with E-state index in [1.165, 1.54) is 32.4 Å². The number of anilines is 1. The van der Waals surface area contributed by atoms with Crippen molar-refractivity contribution < 1.29 is 14.4 Å². The van der Waals surface area contributed by atoms with Gasteiger partial charge in [-0.25, -0.2) is 9.59 Å². The monoisotopic (exact) mass is 586 g/mol. The van der Waals surface area contributed by atoms with Crippen LogP contribution >= 0.6 is 0 Å². The van der Waals surface area contributed by atoms with E-state index in [9.17, 15) is 14.4 Å². The second kappa shape index (κ2) is 13.4. The topological polar surface area (TPSA) is 88.2 Å². The lowest BCUT2D eigenvalue weighted by Crippen LogP contribution is -2.57. The van der Waals surface area contributed by atoms with Crippen LogP contribution < -0.4 is 10.6 Å². The van der Waals surface area contributed by atoms with Crippen LogP contribution in [0.25, 0.3) is 0 Å². The molecule has 1 unspecified atom stereocenters. The predicted molar refractivity (Wildman–Crippen MR) is 168 cm³/mol. The quantitative estimate of drug-likeness (QED) is 0.518. The number of nitrogens with one attached hydrogen (secondary N) is 2. The molecular weight excluding hydrogens is 540 g/mol. The highest BCUT2D eigenvalue weighted by molar-refractivity contribution is 5.92. The highest BCUT2D eigenvalue weighted by atomic mass is 16.2. The van der Waals surface area contributed by atoms with Crippen molar-refractivity contribution in [1.29, 1.82) is 0 Å². The molecule has 4 heterocycles. The first-order chi connectivity index (χ1) is 20.9. The van der Waals surface area contributed by atoms with Crippen LogP contribution in [0, 0.1) is 6.92 Å². The molecule has 9 heteroatoms. The number of nitrogens with zero attached hydrogens (tertiary/aromatic N) is 4. The molecule has 4 aliphatic rings. The Kier molecular flexibility index (Phi) is 9.17. The van der Waals surface area contributed by atoms with Gasteiger partial charge in [0.25, 0.3) is 0 Å². The maximum absolute atomic E-state index is 13.9. The minimum atomic E-state index is -0.608. The zero-order chi connectivity index (χ0) is 29.8. The molecule has 2 N–H and O–H groups in total. The highest BCUT2D eigenvalue weighted by Crippen LogP contribution is 2.28. The normalized spacial score (nSPS) is 21.2. The summed E-state index contributed by atoms with van der Waals surface area (Å²) >= 11 is 0. The predicted octanol–water partition coefficient (Wildman–Crippen LogP) is 4.60. The second-order valence-corrected chi connectivity index (χ2v) is 12.8. The summed E-state index contributed by atoms with van der Waals surface area (Å²) in [6, 6.07) is 15.9. The van der Waals surface area contributed by atoms with E-state index in [0.717, 1.165) is 48.3 Å². The molecule has 230 valence electrons. The number of carbonyl (C=O) groups excluding carboxylic acids is 3. The molecule has 2 aromatic carbocycles. The molecule has 1 atom stereocenters. The summed E-state index contributed by atoms with van der Waals surface area (Å²) in [4.78, 5) is 48.6. The molecule has 43 heavy (non-hydrogen) atoms. The molecule has 2 aromatic rings. The summed E-state index contributed by atoms with van der Waals surface area (Å²) in [6.07, 6.45) is 7.78. The second-order valence-electron chi connectivity index (χ2n) is 12.8. The van der Waals surface area contributed by atoms with E-state index in [1.54, 1.807) is 0 Å². The first-order valence-electron chi connectivity index (χ1n) is 16.2. The molecule has 9 nitrogen and oxygen atoms in total. The lowest BCUT2D eigenvalue weighted by Gasteiger charge is -2.42. The van der Waals surface area contributed by atoms with Crippen molar-refractivity contribution in [3.8, 4) is 0 Å². The number of hydrogen-bond donors (Lipinski definition) is 2. The summed E-state index contributed by atoms with van der Waals surface area (Å²) < 4.78 is 0. The lowest BCUT2D eigenvalue weighted by atomic mass is 9.98. The Morgan fingerprint density at radius 2 is 1.56 bits per heavy atom. The molecule has 0 spiro atoms. The van der Waals surface area contributed by atoms with E-state index < -0.39 is 6.04 Å². The molecule has 0 bridgehead atoms. The molecule has 3 saturated heterocycles. The van der Waals surface area contributed by atoms with Crippen LogP contribution in [0.4, 0.5) is 15.3 Å². The van der Waals surface area contributed by atoms with Crippen LogP contribution in [0.2, 0.25) is 0 Å². The van der Waals surface area contributed by atoms with Crippen molar-refractivity contribution in [1.82, 2.24) is 24.9 Å². The van der Waals surface area contributed by atoms with E-state index in [1.807, 2.05) is 51.1 Å². The van der Waals surface area contributed by atoms with Crippen molar-refractivity contribution in [2.24, 2.45) is 0 Å². The number of fused-ring (bicyclic) bond motifs is 1. The Labute approximate surface area is 255 Å². The van der Waals surface area contributed by atoms with Crippen LogP contribution in [0.15, 0.2) is 48.5 Å². The third-order valence-electron chi connectivity index (χ3n) is 9.85. The van der Waals surface area contributed by atoms with Crippen LogP contribution in [0.3, 0.4) is 0 Å². The smallest absolute Gasteiger partial charge is 0.322 e. The molecule has 0 aromatic heterocycles. The molecular formula is C34H46N6O3. The number of para-hydroxylation sites is 1. The SMILES string of the molecule is Cc1cccc(CC(NC(=O)N2CCC(N3Cc4ccccc4NC3=O)CC2)C(=O)N2CCC(N3CCCCC3)CC2)c1. The molecule has 0 radical (unpaired) electrons. The summed E-state index contributed by atoms with van der Waals surface area (Å²) in [5.41, 5.74) is 4.18. The van der Waals surface area contributed by atoms with E-state index in [-0.39, 0.29) is 24.0 Å². The van der Waals surface area contributed by atoms with Crippen LogP contribution in [0.5, 0.6) is 0 Å². The van der Waals surface area contributed by atoms with Crippen LogP contribution in [0.1, 0.15) is 61.6 Å². The number of benzene rings is 2. The van der Waals surface area contributed by atoms with Gasteiger partial charge >= 0.3 is 12.1 Å². The van der Waals surface area contributed by atoms with Gasteiger partial charge in [0.15, 0.2) is 0 Å². The van der Waals surface area contributed by atoms with E-state index in [4.69, 9.17) is 0 Å². The minimum absolute atomic E-state index is 0.0190. The number of amides is 5. The fraction of sp³-hybridized carbons (Fsp3) is 0.559. The van der Waals surface area contributed by atoms with Gasteiger partial charge in [-0.3, -0.25) is 4.79 Å². The number of piperidine rings is 3. The molecule has 6 rings (SSSR count). The number of aryl methyl sites for hydroxylation is 1. The first-order valence-corrected chi connectivity index (χ1v) is 16.2. The molecule has 0 aliphatic carbocycles. The zero-order valence-electron chi connectivity index (χ0n) is 25.5. The zero-order valence-corrected chi connectivity index (χ0v) is 25.5. The van der Waals surface area contributed by atoms with Gasteiger partial charge in [0.05, 0.1) is 0 Å². The molecule has 0 saturated carbocycles. The molecule has 5 amide bonds. The number of urea groups is 2. The van der Waals surface area contributed by atoms with Crippen molar-refractivity contribution in [3.63, 3.8) is 0 Å². The Hall–Kier alpha value is -3.59. The van der Waals surface area contributed by atoms with Crippen LogP contribution in [-0.4, -0.2) is 95.0 Å². The Balaban J connectivity index is 1.07. The number of carbonyl (C=O) groups is 3. The van der Waals surface area contributed by atoms with Gasteiger partial charge in [-0.05, 0) is 75.7 Å². The number of hydrogen-bond acceptors (Lipinski definition) is 4. The van der Waals surface area contributed by atoms with E-state index >= 15 is 0 Å². The van der Waals surface area contributed by atoms with Gasteiger partial charge in [0.2, 0.25) is 5.91 Å². The van der Waals surface area contributed by atoms with Gasteiger partial charge in [-0.15, -0.1) is 0 Å². The van der Waals surface area contributed by atoms with E-state index in [0.29, 0.717) is 44.9 Å². The summed E-state index contributed by atoms with van der Waals surface area (Å²) in [7, 11) is 0. The maximum Gasteiger partial charge on any atom is 0.322 e. The summed E-state index contributed by atoms with van der Waals surface area (Å²) in [5, 5.41) is 6.14. The molecule has 4 aliphatic heterocycles. The highest BCUT2D eigenvalue weighted by Gasteiger charge is 2.35. The van der Waals surface area contributed by atoms with Crippen molar-refractivity contribution in [2.45, 2.75) is 83.0 Å². The van der Waals surface area contributed by atoms with Crippen molar-refractivity contribution >= 4 is 23.7 Å². The largest absolute Gasteiger partial charge is 0.341 e. The summed E-state index contributed by atoms with van der Waals surface area (Å²) in [5.74, 6) is 0.0190. The van der Waals surface area contributed by atoms with Gasteiger partial charge in [0, 0.05) is 56.9 Å². The Morgan fingerprint density at radius 1 is 0.860 bits per heavy atom. The first kappa shape index (κ1) is 29.5. The van der Waals surface area contributed by atoms with Crippen LogP contribution in [-0.2, 0) is 17.8 Å². The van der Waals surface area contributed by atoms with Gasteiger partial charge in [0.1, 0.15) is 6.04 Å². The van der Waals surface area contributed by atoms with Gasteiger partial charge in [-0.2, -0.15) is 0 Å². The van der Waals surface area contributed by atoms with E-state index in [2.05, 4.69) is 34.6 Å². The maximum atomic E-state index is 13.9. The van der Waals surface area contributed by atoms with Gasteiger partial charge < -0.3 is 30.2 Å². The number of rotatable bonds is 6. The summed E-state index contributed by atoms with van der Waals surface area (Å²) in [6.45, 7) is 7.58. The fourth-order valence-electron chi connectivity index (χ4n) is 7.37. The molecule has 3 fully saturated rings. The standard InChI is InChI=1S/C34H46N6O3/c1-25-8-7-9-26(22-25)23-31(32(41)38-18-12-28(13-19-38)37-16-5-2-6-17-37)36-33(42)39-20-14-29(15-21-39)40-24-27-10-3-4-11-30(27)35-34(40)43/h3-4,7-11,22,28-29,31H,2,5-6,12-21,23-24H2,1H3,(H,35,43)(H,36,42). The van der Waals surface area contributed by atoms with Crippen molar-refractivity contribution in [3.05, 3.63) is 65.2 Å². The fourth-order valence-corrected chi connectivity index (χ4v) is 7.37. The van der Waals surface area contributed by atoms with Gasteiger partial charge in [-0.1, -0.05) is 54.4 Å².